The van der Waals surface area contributed by atoms with Gasteiger partial charge in [0.05, 0.1) is 16.7 Å². The third kappa shape index (κ3) is 5.82. The zero-order valence-corrected chi connectivity index (χ0v) is 25.1. The van der Waals surface area contributed by atoms with E-state index < -0.39 is 6.04 Å². The second-order valence-electron chi connectivity index (χ2n) is 9.21. The van der Waals surface area contributed by atoms with Crippen molar-refractivity contribution in [1.29, 1.82) is 0 Å². The van der Waals surface area contributed by atoms with Crippen molar-refractivity contribution in [2.75, 3.05) is 17.2 Å². The van der Waals surface area contributed by atoms with Crippen LogP contribution in [0.4, 0.5) is 11.6 Å². The molecule has 206 valence electrons. The zero-order valence-electron chi connectivity index (χ0n) is 22.0. The van der Waals surface area contributed by atoms with Crippen molar-refractivity contribution in [3.8, 4) is 11.5 Å². The van der Waals surface area contributed by atoms with Gasteiger partial charge in [-0.05, 0) is 84.2 Å². The standard InChI is InChI=1S/C29H26BrCl2N5O3/c1-4-39-24-12-19(11-22(30)27(24)40-14-18-8-9-20(31)13-23(18)32)26-25(17(3)35-29-33-15-34-37(26)29)28(38)36-21-7-5-6-16(2)10-21/h5-13,15,26H,4,14H2,1-3H3,(H,36,38)(H,33,34,35). The van der Waals surface area contributed by atoms with Gasteiger partial charge in [0.1, 0.15) is 19.0 Å². The van der Waals surface area contributed by atoms with Crippen LogP contribution in [-0.4, -0.2) is 27.3 Å². The number of nitrogens with one attached hydrogen (secondary N) is 2. The molecule has 0 aliphatic carbocycles. The van der Waals surface area contributed by atoms with Crippen LogP contribution >= 0.6 is 39.1 Å². The topological polar surface area (TPSA) is 90.3 Å². The molecular weight excluding hydrogens is 617 g/mol. The van der Waals surface area contributed by atoms with Gasteiger partial charge >= 0.3 is 0 Å². The van der Waals surface area contributed by atoms with Crippen molar-refractivity contribution in [3.63, 3.8) is 0 Å². The Bertz CT molecular complexity index is 1620. The van der Waals surface area contributed by atoms with E-state index in [0.717, 1.165) is 16.7 Å². The number of nitrogens with zero attached hydrogens (tertiary/aromatic N) is 3. The normalized spacial score (nSPS) is 14.4. The van der Waals surface area contributed by atoms with Crippen molar-refractivity contribution in [3.05, 3.63) is 103 Å². The van der Waals surface area contributed by atoms with Crippen LogP contribution in [0.3, 0.4) is 0 Å². The van der Waals surface area contributed by atoms with Crippen LogP contribution in [0.15, 0.2) is 76.7 Å². The van der Waals surface area contributed by atoms with Crippen molar-refractivity contribution >= 4 is 56.7 Å². The van der Waals surface area contributed by atoms with Gasteiger partial charge in [0, 0.05) is 27.0 Å². The fourth-order valence-corrected chi connectivity index (χ4v) is 5.59. The van der Waals surface area contributed by atoms with Crippen molar-refractivity contribution in [2.45, 2.75) is 33.4 Å². The molecule has 2 heterocycles. The Hall–Kier alpha value is -3.53. The third-order valence-electron chi connectivity index (χ3n) is 6.35. The van der Waals surface area contributed by atoms with Crippen LogP contribution < -0.4 is 20.1 Å². The highest BCUT2D eigenvalue weighted by Crippen LogP contribution is 2.43. The van der Waals surface area contributed by atoms with Crippen LogP contribution in [0.1, 0.15) is 36.6 Å². The second kappa shape index (κ2) is 11.9. The molecule has 1 aliphatic heterocycles. The number of allylic oxidation sites excluding steroid dienone is 1. The highest BCUT2D eigenvalue weighted by molar-refractivity contribution is 9.10. The molecule has 0 radical (unpaired) electrons. The summed E-state index contributed by atoms with van der Waals surface area (Å²) in [7, 11) is 0. The molecule has 1 amide bonds. The number of anilines is 2. The van der Waals surface area contributed by atoms with Gasteiger partial charge < -0.3 is 20.1 Å². The summed E-state index contributed by atoms with van der Waals surface area (Å²) in [5.74, 6) is 1.29. The molecule has 2 N–H and O–H groups in total. The smallest absolute Gasteiger partial charge is 0.255 e. The van der Waals surface area contributed by atoms with E-state index in [9.17, 15) is 4.79 Å². The molecule has 3 aromatic carbocycles. The summed E-state index contributed by atoms with van der Waals surface area (Å²) in [4.78, 5) is 18.1. The SMILES string of the molecule is CCOc1cc(C2C(C(=O)Nc3cccc(C)c3)=C(C)Nc3ncnn32)cc(Br)c1OCc1ccc(Cl)cc1Cl. The van der Waals surface area contributed by atoms with Gasteiger partial charge in [-0.15, -0.1) is 0 Å². The van der Waals surface area contributed by atoms with E-state index in [2.05, 4.69) is 36.6 Å². The largest absolute Gasteiger partial charge is 0.490 e. The van der Waals surface area contributed by atoms with Crippen LogP contribution in [0.2, 0.25) is 10.0 Å². The molecule has 5 rings (SSSR count). The van der Waals surface area contributed by atoms with Gasteiger partial charge in [0.15, 0.2) is 11.5 Å². The van der Waals surface area contributed by atoms with E-state index in [4.69, 9.17) is 32.7 Å². The number of aromatic nitrogens is 3. The summed E-state index contributed by atoms with van der Waals surface area (Å²) in [6.45, 7) is 6.33. The first-order chi connectivity index (χ1) is 19.2. The van der Waals surface area contributed by atoms with E-state index in [1.165, 1.54) is 6.33 Å². The Morgan fingerprint density at radius 1 is 1.12 bits per heavy atom. The fraction of sp³-hybridized carbons (Fsp3) is 0.207. The molecule has 0 saturated carbocycles. The number of rotatable bonds is 8. The molecule has 40 heavy (non-hydrogen) atoms. The summed E-state index contributed by atoms with van der Waals surface area (Å²) < 4.78 is 14.5. The summed E-state index contributed by atoms with van der Waals surface area (Å²) >= 11 is 16.1. The quantitative estimate of drug-likeness (QED) is 0.206. The van der Waals surface area contributed by atoms with E-state index in [1.807, 2.05) is 63.2 Å². The Morgan fingerprint density at radius 3 is 2.70 bits per heavy atom. The molecule has 8 nitrogen and oxygen atoms in total. The lowest BCUT2D eigenvalue weighted by Gasteiger charge is -2.29. The highest BCUT2D eigenvalue weighted by atomic mass is 79.9. The summed E-state index contributed by atoms with van der Waals surface area (Å²) in [6, 6.07) is 16.1. The summed E-state index contributed by atoms with van der Waals surface area (Å²) in [5, 5.41) is 11.7. The molecule has 1 aliphatic rings. The van der Waals surface area contributed by atoms with Gasteiger partial charge in [-0.3, -0.25) is 4.79 Å². The average molecular weight is 643 g/mol. The number of benzene rings is 3. The van der Waals surface area contributed by atoms with Gasteiger partial charge in [0.2, 0.25) is 5.95 Å². The minimum absolute atomic E-state index is 0.206. The number of fused-ring (bicyclic) bond motifs is 1. The van der Waals surface area contributed by atoms with Gasteiger partial charge in [0.25, 0.3) is 5.91 Å². The number of hydrogen-bond acceptors (Lipinski definition) is 6. The molecule has 0 fully saturated rings. The lowest BCUT2D eigenvalue weighted by Crippen LogP contribution is -2.31. The molecule has 4 aromatic rings. The lowest BCUT2D eigenvalue weighted by atomic mass is 9.94. The molecule has 0 saturated heterocycles. The number of carbonyl (C=O) groups is 1. The molecule has 11 heteroatoms. The molecule has 0 spiro atoms. The summed E-state index contributed by atoms with van der Waals surface area (Å²) in [5.41, 5.74) is 4.45. The first-order valence-electron chi connectivity index (χ1n) is 12.5. The van der Waals surface area contributed by atoms with Gasteiger partial charge in [-0.2, -0.15) is 10.1 Å². The van der Waals surface area contributed by atoms with Crippen LogP contribution in [-0.2, 0) is 11.4 Å². The van der Waals surface area contributed by atoms with E-state index in [0.29, 0.717) is 55.5 Å². The summed E-state index contributed by atoms with van der Waals surface area (Å²) in [6.07, 6.45) is 1.45. The number of ether oxygens (including phenoxy) is 2. The molecule has 0 bridgehead atoms. The van der Waals surface area contributed by atoms with Crippen LogP contribution in [0, 0.1) is 6.92 Å². The number of halogens is 3. The first-order valence-corrected chi connectivity index (χ1v) is 14.1. The Morgan fingerprint density at radius 2 is 1.95 bits per heavy atom. The van der Waals surface area contributed by atoms with Gasteiger partial charge in [-0.1, -0.05) is 41.4 Å². The Kier molecular flexibility index (Phi) is 8.35. The van der Waals surface area contributed by atoms with Crippen molar-refractivity contribution in [2.24, 2.45) is 0 Å². The zero-order chi connectivity index (χ0) is 28.4. The minimum Gasteiger partial charge on any atom is -0.490 e. The number of carbonyl (C=O) groups excluding carboxylic acids is 1. The molecule has 1 unspecified atom stereocenters. The Balaban J connectivity index is 1.53. The second-order valence-corrected chi connectivity index (χ2v) is 10.9. The lowest BCUT2D eigenvalue weighted by molar-refractivity contribution is -0.113. The maximum Gasteiger partial charge on any atom is 0.255 e. The molecule has 1 atom stereocenters. The maximum absolute atomic E-state index is 13.7. The third-order valence-corrected chi connectivity index (χ3v) is 7.53. The maximum atomic E-state index is 13.7. The highest BCUT2D eigenvalue weighted by Gasteiger charge is 2.34. The van der Waals surface area contributed by atoms with Crippen LogP contribution in [0.25, 0.3) is 0 Å². The number of amides is 1. The molecular formula is C29H26BrCl2N5O3. The predicted molar refractivity (Wildman–Crippen MR) is 160 cm³/mol. The predicted octanol–water partition coefficient (Wildman–Crippen LogP) is 7.56. The van der Waals surface area contributed by atoms with Crippen LogP contribution in [0.5, 0.6) is 11.5 Å². The first kappa shape index (κ1) is 28.0. The number of aryl methyl sites for hydroxylation is 1. The number of hydrogen-bond donors (Lipinski definition) is 2. The van der Waals surface area contributed by atoms with E-state index >= 15 is 0 Å². The van der Waals surface area contributed by atoms with Crippen molar-refractivity contribution < 1.29 is 14.3 Å². The average Bonchev–Trinajstić information content (AvgIpc) is 3.36. The Labute approximate surface area is 250 Å². The monoisotopic (exact) mass is 641 g/mol. The minimum atomic E-state index is -0.584. The van der Waals surface area contributed by atoms with E-state index in [-0.39, 0.29) is 12.5 Å². The van der Waals surface area contributed by atoms with Crippen molar-refractivity contribution in [1.82, 2.24) is 14.8 Å². The molecule has 1 aromatic heterocycles. The van der Waals surface area contributed by atoms with Gasteiger partial charge in [-0.25, -0.2) is 4.68 Å². The fourth-order valence-electron chi connectivity index (χ4n) is 4.55. The van der Waals surface area contributed by atoms with E-state index in [1.54, 1.807) is 16.8 Å².